The molecule has 3 aliphatic rings. The summed E-state index contributed by atoms with van der Waals surface area (Å²) in [4.78, 5) is 84.9. The second-order valence-electron chi connectivity index (χ2n) is 23.4. The monoisotopic (exact) mass is 1080 g/mol. The van der Waals surface area contributed by atoms with Gasteiger partial charge in [0.1, 0.15) is 22.4 Å². The molecule has 0 aromatic heterocycles. The first-order chi connectivity index (χ1) is 36.0. The SMILES string of the molecule is COc1cc(C2c3cc4c(cc3[C@@H](NC(=O)NCCCN(CCCN(CCCCN(CCCNC(=O)OC(C)(C)C)C(=O)OC(C)(C)C)C(=O)OC(C)(C)C)C(=O)OC(C)(C)C)[C@H]3COC(=O)[C@H]23)OCO4)cc(OC)c1O. The highest BCUT2D eigenvalue weighted by molar-refractivity contribution is 5.80. The number of carbonyl (C=O) groups is 6. The van der Waals surface area contributed by atoms with E-state index in [1.807, 2.05) is 12.1 Å². The molecule has 6 amide bonds. The number of benzene rings is 2. The van der Waals surface area contributed by atoms with Gasteiger partial charge in [0, 0.05) is 64.2 Å². The summed E-state index contributed by atoms with van der Waals surface area (Å²) in [6.45, 7) is 23.5. The molecule has 1 fully saturated rings. The van der Waals surface area contributed by atoms with Gasteiger partial charge in [0.25, 0.3) is 0 Å². The smallest absolute Gasteiger partial charge is 0.410 e. The van der Waals surface area contributed by atoms with Gasteiger partial charge in [-0.1, -0.05) is 0 Å². The number of unbranched alkanes of at least 4 members (excludes halogenated alkanes) is 1. The molecule has 1 aliphatic carbocycles. The average molecular weight is 1090 g/mol. The number of nitrogens with one attached hydrogen (secondary N) is 3. The van der Waals surface area contributed by atoms with Crippen LogP contribution in [0.15, 0.2) is 24.3 Å². The van der Waals surface area contributed by atoms with Crippen molar-refractivity contribution in [2.24, 2.45) is 11.8 Å². The normalized spacial score (nSPS) is 17.7. The van der Waals surface area contributed by atoms with Gasteiger partial charge in [-0.3, -0.25) is 4.79 Å². The van der Waals surface area contributed by atoms with Gasteiger partial charge in [0.05, 0.1) is 32.8 Å². The fraction of sp³-hybridized carbons (Fsp3) is 0.673. The highest BCUT2D eigenvalue weighted by Gasteiger charge is 2.53. The van der Waals surface area contributed by atoms with Crippen LogP contribution < -0.4 is 34.9 Å². The Hall–Kier alpha value is -6.74. The van der Waals surface area contributed by atoms with Gasteiger partial charge in [0.2, 0.25) is 12.5 Å². The van der Waals surface area contributed by atoms with E-state index in [0.717, 1.165) is 0 Å². The molecule has 0 saturated carbocycles. The number of carbonyl (C=O) groups excluding carboxylic acids is 6. The number of aromatic hydroxyl groups is 1. The van der Waals surface area contributed by atoms with Crippen molar-refractivity contribution < 1.29 is 76.5 Å². The van der Waals surface area contributed by atoms with Gasteiger partial charge in [0.15, 0.2) is 23.0 Å². The largest absolute Gasteiger partial charge is 0.502 e. The first kappa shape index (κ1) is 61.1. The predicted octanol–water partition coefficient (Wildman–Crippen LogP) is 8.60. The Morgan fingerprint density at radius 2 is 1.01 bits per heavy atom. The Labute approximate surface area is 453 Å². The summed E-state index contributed by atoms with van der Waals surface area (Å²) in [7, 11) is 2.84. The maximum Gasteiger partial charge on any atom is 0.410 e. The summed E-state index contributed by atoms with van der Waals surface area (Å²) in [6.07, 6.45) is 0.116. The second-order valence-corrected chi connectivity index (χ2v) is 23.4. The number of hydrogen-bond acceptors (Lipinski definition) is 16. The number of ether oxygens (including phenoxy) is 9. The molecule has 2 heterocycles. The number of methoxy groups -OCH3 is 2. The van der Waals surface area contributed by atoms with E-state index < -0.39 is 82.6 Å². The Bertz CT molecular complexity index is 2360. The lowest BCUT2D eigenvalue weighted by Gasteiger charge is -2.39. The third-order valence-electron chi connectivity index (χ3n) is 12.4. The molecule has 0 spiro atoms. The van der Waals surface area contributed by atoms with Gasteiger partial charge in [-0.05, 0) is 156 Å². The highest BCUT2D eigenvalue weighted by atomic mass is 16.7. The number of phenolic OH excluding ortho intramolecular Hbond substituents is 1. The van der Waals surface area contributed by atoms with E-state index in [1.54, 1.807) is 110 Å². The zero-order valence-corrected chi connectivity index (χ0v) is 47.6. The van der Waals surface area contributed by atoms with Crippen molar-refractivity contribution in [3.8, 4) is 28.7 Å². The Balaban J connectivity index is 1.22. The first-order valence-corrected chi connectivity index (χ1v) is 26.5. The lowest BCUT2D eigenvalue weighted by atomic mass is 9.65. The number of phenols is 1. The molecule has 430 valence electrons. The number of cyclic esters (lactones) is 1. The quantitative estimate of drug-likeness (QED) is 0.0519. The molecular formula is C55H84N6O16. The molecule has 1 unspecified atom stereocenters. The minimum absolute atomic E-state index is 0.00151. The van der Waals surface area contributed by atoms with Gasteiger partial charge >= 0.3 is 36.4 Å². The minimum Gasteiger partial charge on any atom is -0.502 e. The Morgan fingerprint density at radius 3 is 1.47 bits per heavy atom. The fourth-order valence-electron chi connectivity index (χ4n) is 9.20. The van der Waals surface area contributed by atoms with Crippen LogP contribution in [0.4, 0.5) is 24.0 Å². The maximum absolute atomic E-state index is 13.8. The molecule has 5 rings (SSSR count). The molecule has 4 atom stereocenters. The molecular weight excluding hydrogens is 1000 g/mol. The zero-order chi connectivity index (χ0) is 57.0. The number of nitrogens with zero attached hydrogens (tertiary/aromatic N) is 3. The van der Waals surface area contributed by atoms with Crippen LogP contribution >= 0.6 is 0 Å². The third-order valence-corrected chi connectivity index (χ3v) is 12.4. The van der Waals surface area contributed by atoms with Crippen LogP contribution in [0.5, 0.6) is 28.7 Å². The number of hydrogen-bond donors (Lipinski definition) is 4. The van der Waals surface area contributed by atoms with Crippen LogP contribution in [0.2, 0.25) is 0 Å². The molecule has 22 nitrogen and oxygen atoms in total. The standard InChI is InChI=1S/C55H84N6O16/c1-52(2,3)74-48(65)57-21-18-25-59(49(66)75-53(4,5)6)22-15-16-23-60(50(67)76-54(7,8)9)26-19-27-61(51(68)77-55(10,11)12)24-17-20-56-47(64)58-44-36-31-39-38(72-33-73-39)30-35(36)42(43-37(44)32-71-46(43)63)34-28-40(69-13)45(62)41(29-34)70-14/h28-31,37,42-44,62H,15-27,32-33H2,1-14H3,(H,57,65)(H2,56,58,64)/t37-,42?,43-,44+/m0/s1. The van der Waals surface area contributed by atoms with E-state index in [-0.39, 0.29) is 63.4 Å². The van der Waals surface area contributed by atoms with Gasteiger partial charge < -0.3 is 78.4 Å². The fourth-order valence-corrected chi connectivity index (χ4v) is 9.20. The molecule has 77 heavy (non-hydrogen) atoms. The number of urea groups is 1. The Morgan fingerprint density at radius 1 is 0.584 bits per heavy atom. The topological polar surface area (TPSA) is 252 Å². The van der Waals surface area contributed by atoms with Gasteiger partial charge in [-0.2, -0.15) is 0 Å². The van der Waals surface area contributed by atoms with E-state index in [2.05, 4.69) is 16.0 Å². The molecule has 2 aliphatic heterocycles. The summed E-state index contributed by atoms with van der Waals surface area (Å²) in [5.74, 6) is -1.20. The zero-order valence-electron chi connectivity index (χ0n) is 47.6. The van der Waals surface area contributed by atoms with Crippen molar-refractivity contribution in [3.05, 3.63) is 41.0 Å². The van der Waals surface area contributed by atoms with Crippen LogP contribution in [0.1, 0.15) is 144 Å². The van der Waals surface area contributed by atoms with Crippen LogP contribution in [0, 0.1) is 11.8 Å². The van der Waals surface area contributed by atoms with E-state index in [4.69, 9.17) is 42.6 Å². The molecule has 0 radical (unpaired) electrons. The highest BCUT2D eigenvalue weighted by Crippen LogP contribution is 2.55. The van der Waals surface area contributed by atoms with Crippen LogP contribution in [-0.2, 0) is 28.5 Å². The van der Waals surface area contributed by atoms with E-state index in [9.17, 15) is 33.9 Å². The number of fused-ring (bicyclic) bond motifs is 3. The summed E-state index contributed by atoms with van der Waals surface area (Å²) in [5.41, 5.74) is -0.925. The molecule has 0 bridgehead atoms. The molecule has 22 heteroatoms. The van der Waals surface area contributed by atoms with Gasteiger partial charge in [-0.25, -0.2) is 24.0 Å². The molecule has 2 aromatic rings. The number of esters is 1. The summed E-state index contributed by atoms with van der Waals surface area (Å²) < 4.78 is 50.7. The number of rotatable bonds is 21. The summed E-state index contributed by atoms with van der Waals surface area (Å²) in [5, 5.41) is 19.5. The lowest BCUT2D eigenvalue weighted by molar-refractivity contribution is -0.141. The van der Waals surface area contributed by atoms with Crippen molar-refractivity contribution in [1.29, 1.82) is 0 Å². The molecule has 4 N–H and O–H groups in total. The van der Waals surface area contributed by atoms with E-state index >= 15 is 0 Å². The first-order valence-electron chi connectivity index (χ1n) is 26.5. The minimum atomic E-state index is -0.798. The predicted molar refractivity (Wildman–Crippen MR) is 284 cm³/mol. The van der Waals surface area contributed by atoms with Crippen molar-refractivity contribution in [2.75, 3.05) is 80.0 Å². The van der Waals surface area contributed by atoms with Gasteiger partial charge in [-0.15, -0.1) is 0 Å². The third kappa shape index (κ3) is 18.2. The van der Waals surface area contributed by atoms with Crippen LogP contribution in [0.25, 0.3) is 0 Å². The second kappa shape index (κ2) is 26.1. The van der Waals surface area contributed by atoms with Crippen molar-refractivity contribution in [1.82, 2.24) is 30.7 Å². The average Bonchev–Trinajstić information content (AvgIpc) is 3.94. The number of amides is 6. The van der Waals surface area contributed by atoms with Crippen LogP contribution in [-0.4, -0.2) is 159 Å². The van der Waals surface area contributed by atoms with E-state index in [0.29, 0.717) is 79.9 Å². The molecule has 2 aromatic carbocycles. The van der Waals surface area contributed by atoms with Crippen molar-refractivity contribution in [2.45, 2.75) is 150 Å². The van der Waals surface area contributed by atoms with E-state index in [1.165, 1.54) is 14.2 Å². The summed E-state index contributed by atoms with van der Waals surface area (Å²) in [6, 6.07) is 5.73. The van der Waals surface area contributed by atoms with Crippen molar-refractivity contribution >= 4 is 36.4 Å². The van der Waals surface area contributed by atoms with Crippen LogP contribution in [0.3, 0.4) is 0 Å². The summed E-state index contributed by atoms with van der Waals surface area (Å²) >= 11 is 0. The maximum atomic E-state index is 13.8. The molecule has 1 saturated heterocycles. The lowest BCUT2D eigenvalue weighted by Crippen LogP contribution is -2.46. The Kier molecular flexibility index (Phi) is 20.7. The van der Waals surface area contributed by atoms with Crippen molar-refractivity contribution in [3.63, 3.8) is 0 Å². The number of alkyl carbamates (subject to hydrolysis) is 1.